The molecule has 2 aromatic heterocycles. The molecule has 1 amide bonds. The lowest BCUT2D eigenvalue weighted by atomic mass is 10.2. The van der Waals surface area contributed by atoms with Crippen molar-refractivity contribution in [3.8, 4) is 0 Å². The van der Waals surface area contributed by atoms with Crippen molar-refractivity contribution in [1.29, 1.82) is 0 Å². The fourth-order valence-corrected chi connectivity index (χ4v) is 3.18. The Bertz CT molecular complexity index is 941. The van der Waals surface area contributed by atoms with Crippen LogP contribution in [0.15, 0.2) is 67.0 Å². The quantitative estimate of drug-likeness (QED) is 0.757. The van der Waals surface area contributed by atoms with Gasteiger partial charge in [-0.2, -0.15) is 0 Å². The van der Waals surface area contributed by atoms with Crippen LogP contribution >= 0.6 is 0 Å². The Kier molecular flexibility index (Phi) is 5.14. The van der Waals surface area contributed by atoms with E-state index in [4.69, 9.17) is 0 Å². The molecule has 0 bridgehead atoms. The van der Waals surface area contributed by atoms with E-state index in [0.717, 1.165) is 37.8 Å². The summed E-state index contributed by atoms with van der Waals surface area (Å²) in [5, 5.41) is 2.68. The van der Waals surface area contributed by atoms with Gasteiger partial charge in [0.25, 0.3) is 5.91 Å². The number of nitrogens with one attached hydrogen (secondary N) is 1. The number of aromatic nitrogens is 2. The molecule has 1 saturated heterocycles. The Hall–Kier alpha value is -3.48. The second-order valence-electron chi connectivity index (χ2n) is 6.53. The molecule has 28 heavy (non-hydrogen) atoms. The molecule has 0 radical (unpaired) electrons. The van der Waals surface area contributed by atoms with Gasteiger partial charge in [0.2, 0.25) is 0 Å². The van der Waals surface area contributed by atoms with Crippen LogP contribution in [-0.4, -0.2) is 42.1 Å². The van der Waals surface area contributed by atoms with Crippen LogP contribution in [0, 0.1) is 5.82 Å². The van der Waals surface area contributed by atoms with E-state index in [-0.39, 0.29) is 5.91 Å². The van der Waals surface area contributed by atoms with Crippen molar-refractivity contribution in [2.24, 2.45) is 0 Å². The molecular formula is C21H20FN5O. The standard InChI is InChI=1S/C21H20FN5O/c22-17-4-3-5-18(14-17)25-21(28)16-7-8-20(24-15-16)27-12-10-26(11-13-27)19-6-1-2-9-23-19/h1-9,14-15H,10-13H2,(H,25,28). The Morgan fingerprint density at radius 3 is 2.25 bits per heavy atom. The van der Waals surface area contributed by atoms with Crippen molar-refractivity contribution in [2.75, 3.05) is 41.3 Å². The summed E-state index contributed by atoms with van der Waals surface area (Å²) in [6.45, 7) is 3.39. The lowest BCUT2D eigenvalue weighted by molar-refractivity contribution is 0.102. The number of hydrogen-bond acceptors (Lipinski definition) is 5. The van der Waals surface area contributed by atoms with Crippen molar-refractivity contribution >= 4 is 23.2 Å². The van der Waals surface area contributed by atoms with Crippen LogP contribution in [0.4, 0.5) is 21.7 Å². The van der Waals surface area contributed by atoms with Gasteiger partial charge in [0.1, 0.15) is 17.5 Å². The van der Waals surface area contributed by atoms with Crippen molar-refractivity contribution < 1.29 is 9.18 Å². The van der Waals surface area contributed by atoms with Gasteiger partial charge in [0, 0.05) is 44.3 Å². The van der Waals surface area contributed by atoms with E-state index in [9.17, 15) is 9.18 Å². The van der Waals surface area contributed by atoms with E-state index in [1.807, 2.05) is 24.3 Å². The van der Waals surface area contributed by atoms with Crippen LogP contribution in [0.2, 0.25) is 0 Å². The minimum Gasteiger partial charge on any atom is -0.353 e. The molecule has 1 aromatic carbocycles. The Morgan fingerprint density at radius 2 is 1.64 bits per heavy atom. The molecule has 6 nitrogen and oxygen atoms in total. The van der Waals surface area contributed by atoms with Crippen LogP contribution in [0.25, 0.3) is 0 Å². The number of anilines is 3. The van der Waals surface area contributed by atoms with Crippen molar-refractivity contribution in [1.82, 2.24) is 9.97 Å². The van der Waals surface area contributed by atoms with E-state index in [1.54, 1.807) is 30.6 Å². The summed E-state index contributed by atoms with van der Waals surface area (Å²) in [5.74, 6) is 1.11. The van der Waals surface area contributed by atoms with Crippen LogP contribution < -0.4 is 15.1 Å². The zero-order valence-corrected chi connectivity index (χ0v) is 15.3. The number of nitrogens with zero attached hydrogens (tertiary/aromatic N) is 4. The van der Waals surface area contributed by atoms with Gasteiger partial charge in [-0.15, -0.1) is 0 Å². The number of benzene rings is 1. The molecule has 3 heterocycles. The fourth-order valence-electron chi connectivity index (χ4n) is 3.18. The molecule has 1 fully saturated rings. The van der Waals surface area contributed by atoms with E-state index in [1.165, 1.54) is 12.1 Å². The Balaban J connectivity index is 1.36. The number of halogens is 1. The van der Waals surface area contributed by atoms with E-state index < -0.39 is 5.82 Å². The van der Waals surface area contributed by atoms with Crippen molar-refractivity contribution in [3.63, 3.8) is 0 Å². The second kappa shape index (κ2) is 8.04. The maximum Gasteiger partial charge on any atom is 0.257 e. The average molecular weight is 377 g/mol. The van der Waals surface area contributed by atoms with Crippen LogP contribution in [0.5, 0.6) is 0 Å². The lowest BCUT2D eigenvalue weighted by Crippen LogP contribution is -2.47. The number of rotatable bonds is 4. The zero-order chi connectivity index (χ0) is 19.3. The number of carbonyl (C=O) groups excluding carboxylic acids is 1. The van der Waals surface area contributed by atoms with Gasteiger partial charge in [0.05, 0.1) is 5.56 Å². The molecule has 1 N–H and O–H groups in total. The first-order valence-electron chi connectivity index (χ1n) is 9.13. The van der Waals surface area contributed by atoms with E-state index >= 15 is 0 Å². The zero-order valence-electron chi connectivity index (χ0n) is 15.3. The van der Waals surface area contributed by atoms with Crippen LogP contribution in [0.1, 0.15) is 10.4 Å². The summed E-state index contributed by atoms with van der Waals surface area (Å²) in [6.07, 6.45) is 3.35. The second-order valence-corrected chi connectivity index (χ2v) is 6.53. The predicted molar refractivity (Wildman–Crippen MR) is 107 cm³/mol. The monoisotopic (exact) mass is 377 g/mol. The van der Waals surface area contributed by atoms with Gasteiger partial charge in [0.15, 0.2) is 0 Å². The molecular weight excluding hydrogens is 357 g/mol. The molecule has 3 aromatic rings. The molecule has 0 spiro atoms. The highest BCUT2D eigenvalue weighted by atomic mass is 19.1. The molecule has 0 saturated carbocycles. The normalized spacial score (nSPS) is 14.0. The molecule has 142 valence electrons. The highest BCUT2D eigenvalue weighted by Gasteiger charge is 2.19. The van der Waals surface area contributed by atoms with E-state index in [0.29, 0.717) is 11.3 Å². The van der Waals surface area contributed by atoms with Crippen molar-refractivity contribution in [2.45, 2.75) is 0 Å². The molecule has 4 rings (SSSR count). The molecule has 1 aliphatic heterocycles. The molecule has 0 atom stereocenters. The number of pyridine rings is 2. The number of hydrogen-bond donors (Lipinski definition) is 1. The third-order valence-corrected chi connectivity index (χ3v) is 4.67. The minimum atomic E-state index is -0.392. The first kappa shape index (κ1) is 17.9. The number of amides is 1. The van der Waals surface area contributed by atoms with Crippen LogP contribution in [0.3, 0.4) is 0 Å². The first-order chi connectivity index (χ1) is 13.7. The summed E-state index contributed by atoms with van der Waals surface area (Å²) in [4.78, 5) is 25.6. The third kappa shape index (κ3) is 4.09. The lowest BCUT2D eigenvalue weighted by Gasteiger charge is -2.36. The molecule has 0 unspecified atom stereocenters. The highest BCUT2D eigenvalue weighted by Crippen LogP contribution is 2.18. The Labute approximate surface area is 162 Å². The fraction of sp³-hybridized carbons (Fsp3) is 0.190. The Morgan fingerprint density at radius 1 is 0.893 bits per heavy atom. The van der Waals surface area contributed by atoms with Gasteiger partial charge in [-0.05, 0) is 42.5 Å². The number of carbonyl (C=O) groups is 1. The van der Waals surface area contributed by atoms with Gasteiger partial charge in [-0.25, -0.2) is 14.4 Å². The predicted octanol–water partition coefficient (Wildman–Crippen LogP) is 3.19. The van der Waals surface area contributed by atoms with Gasteiger partial charge >= 0.3 is 0 Å². The topological polar surface area (TPSA) is 61.4 Å². The third-order valence-electron chi connectivity index (χ3n) is 4.67. The highest BCUT2D eigenvalue weighted by molar-refractivity contribution is 6.04. The van der Waals surface area contributed by atoms with Gasteiger partial charge in [-0.3, -0.25) is 4.79 Å². The summed E-state index contributed by atoms with van der Waals surface area (Å²) >= 11 is 0. The SMILES string of the molecule is O=C(Nc1cccc(F)c1)c1ccc(N2CCN(c3ccccn3)CC2)nc1. The maximum atomic E-state index is 13.2. The van der Waals surface area contributed by atoms with Gasteiger partial charge in [-0.1, -0.05) is 12.1 Å². The smallest absolute Gasteiger partial charge is 0.257 e. The van der Waals surface area contributed by atoms with E-state index in [2.05, 4.69) is 25.1 Å². The summed E-state index contributed by atoms with van der Waals surface area (Å²) in [5.41, 5.74) is 0.847. The first-order valence-corrected chi connectivity index (χ1v) is 9.13. The number of piperazine rings is 1. The van der Waals surface area contributed by atoms with Gasteiger partial charge < -0.3 is 15.1 Å². The molecule has 0 aliphatic carbocycles. The average Bonchev–Trinajstić information content (AvgIpc) is 2.75. The minimum absolute atomic E-state index is 0.315. The largest absolute Gasteiger partial charge is 0.353 e. The van der Waals surface area contributed by atoms with Crippen molar-refractivity contribution in [3.05, 3.63) is 78.4 Å². The summed E-state index contributed by atoms with van der Waals surface area (Å²) in [7, 11) is 0. The molecule has 1 aliphatic rings. The maximum absolute atomic E-state index is 13.2. The summed E-state index contributed by atoms with van der Waals surface area (Å²) in [6, 6.07) is 15.3. The molecule has 7 heteroatoms. The summed E-state index contributed by atoms with van der Waals surface area (Å²) < 4.78 is 13.2. The van der Waals surface area contributed by atoms with Crippen LogP contribution in [-0.2, 0) is 0 Å².